The lowest BCUT2D eigenvalue weighted by atomic mass is 9.92. The number of ether oxygens (including phenoxy) is 1. The van der Waals surface area contributed by atoms with Crippen molar-refractivity contribution in [3.05, 3.63) is 17.5 Å². The number of methoxy groups -OCH3 is 1. The smallest absolute Gasteiger partial charge is 0.0969 e. The fourth-order valence-corrected chi connectivity index (χ4v) is 2.26. The number of aromatic amines is 1. The van der Waals surface area contributed by atoms with Gasteiger partial charge >= 0.3 is 0 Å². The molecule has 18 heavy (non-hydrogen) atoms. The van der Waals surface area contributed by atoms with E-state index in [9.17, 15) is 5.11 Å². The van der Waals surface area contributed by atoms with Crippen LogP contribution in [0.5, 0.6) is 0 Å². The average molecular weight is 253 g/mol. The average Bonchev–Trinajstić information content (AvgIpc) is 2.85. The van der Waals surface area contributed by atoms with Crippen molar-refractivity contribution >= 4 is 0 Å². The van der Waals surface area contributed by atoms with Gasteiger partial charge < -0.3 is 9.84 Å². The van der Waals surface area contributed by atoms with Crippen molar-refractivity contribution in [1.29, 1.82) is 0 Å². The van der Waals surface area contributed by atoms with Crippen molar-refractivity contribution < 1.29 is 9.84 Å². The Hall–Kier alpha value is -0.910. The number of likely N-dealkylation sites (tertiary alicyclic amines) is 1. The summed E-state index contributed by atoms with van der Waals surface area (Å²) in [6.07, 6.45) is -0.463. The molecule has 5 heteroatoms. The predicted molar refractivity (Wildman–Crippen MR) is 69.4 cm³/mol. The van der Waals surface area contributed by atoms with E-state index in [1.165, 1.54) is 0 Å². The van der Waals surface area contributed by atoms with Gasteiger partial charge in [-0.3, -0.25) is 10.00 Å². The van der Waals surface area contributed by atoms with Crippen LogP contribution < -0.4 is 0 Å². The van der Waals surface area contributed by atoms with Gasteiger partial charge in [0, 0.05) is 37.9 Å². The van der Waals surface area contributed by atoms with Gasteiger partial charge in [-0.2, -0.15) is 5.10 Å². The predicted octanol–water partition coefficient (Wildman–Crippen LogP) is 0.899. The number of aromatic nitrogens is 2. The number of hydrogen-bond acceptors (Lipinski definition) is 4. The Balaban J connectivity index is 1.97. The molecule has 0 saturated carbocycles. The van der Waals surface area contributed by atoms with Gasteiger partial charge in [0.15, 0.2) is 0 Å². The highest BCUT2D eigenvalue weighted by Gasteiger charge is 2.31. The number of nitrogens with one attached hydrogen (secondary N) is 1. The van der Waals surface area contributed by atoms with Crippen molar-refractivity contribution in [2.24, 2.45) is 0 Å². The van der Waals surface area contributed by atoms with E-state index in [-0.39, 0.29) is 17.6 Å². The highest BCUT2D eigenvalue weighted by atomic mass is 16.5. The number of H-pyrrole nitrogens is 1. The summed E-state index contributed by atoms with van der Waals surface area (Å²) >= 11 is 0. The maximum atomic E-state index is 9.78. The van der Waals surface area contributed by atoms with Crippen molar-refractivity contribution in [2.45, 2.75) is 44.9 Å². The second kappa shape index (κ2) is 4.99. The molecule has 0 spiro atoms. The van der Waals surface area contributed by atoms with Crippen LogP contribution in [0.15, 0.2) is 6.07 Å². The Labute approximate surface area is 108 Å². The molecule has 2 N–H and O–H groups in total. The molecule has 2 atom stereocenters. The summed E-state index contributed by atoms with van der Waals surface area (Å²) in [5.74, 6) is 0. The summed E-state index contributed by atoms with van der Waals surface area (Å²) in [4.78, 5) is 2.18. The maximum absolute atomic E-state index is 9.78. The zero-order chi connectivity index (χ0) is 13.3. The SMILES string of the molecule is CO[C@H]1CN(Cc2cc(C(C)(C)C)n[nH]2)C[C@@H]1O. The largest absolute Gasteiger partial charge is 0.389 e. The zero-order valence-corrected chi connectivity index (χ0v) is 11.6. The minimum Gasteiger partial charge on any atom is -0.389 e. The monoisotopic (exact) mass is 253 g/mol. The molecule has 1 aromatic heterocycles. The minimum atomic E-state index is -0.389. The topological polar surface area (TPSA) is 61.4 Å². The van der Waals surface area contributed by atoms with Crippen molar-refractivity contribution in [1.82, 2.24) is 15.1 Å². The zero-order valence-electron chi connectivity index (χ0n) is 11.6. The first-order chi connectivity index (χ1) is 8.40. The van der Waals surface area contributed by atoms with Gasteiger partial charge in [0.2, 0.25) is 0 Å². The molecule has 2 rings (SSSR count). The molecule has 5 nitrogen and oxygen atoms in total. The quantitative estimate of drug-likeness (QED) is 0.840. The van der Waals surface area contributed by atoms with Gasteiger partial charge in [0.1, 0.15) is 0 Å². The Kier molecular flexibility index (Phi) is 3.75. The first kappa shape index (κ1) is 13.5. The number of hydrogen-bond donors (Lipinski definition) is 2. The number of nitrogens with zero attached hydrogens (tertiary/aromatic N) is 2. The van der Waals surface area contributed by atoms with Crippen molar-refractivity contribution in [3.8, 4) is 0 Å². The van der Waals surface area contributed by atoms with Crippen LogP contribution in [0.3, 0.4) is 0 Å². The van der Waals surface area contributed by atoms with Crippen LogP contribution in [-0.4, -0.2) is 52.6 Å². The number of aliphatic hydroxyl groups excluding tert-OH is 1. The van der Waals surface area contributed by atoms with Crippen molar-refractivity contribution in [3.63, 3.8) is 0 Å². The fourth-order valence-electron chi connectivity index (χ4n) is 2.26. The highest BCUT2D eigenvalue weighted by molar-refractivity contribution is 5.16. The summed E-state index contributed by atoms with van der Waals surface area (Å²) in [6, 6.07) is 2.10. The first-order valence-electron chi connectivity index (χ1n) is 6.38. The molecule has 102 valence electrons. The van der Waals surface area contributed by atoms with Gasteiger partial charge in [-0.1, -0.05) is 20.8 Å². The molecule has 0 bridgehead atoms. The molecule has 0 aromatic carbocycles. The van der Waals surface area contributed by atoms with Gasteiger partial charge in [0.25, 0.3) is 0 Å². The van der Waals surface area contributed by atoms with Crippen LogP contribution in [0, 0.1) is 0 Å². The third-order valence-electron chi connectivity index (χ3n) is 3.41. The lowest BCUT2D eigenvalue weighted by molar-refractivity contribution is 0.0214. The van der Waals surface area contributed by atoms with Gasteiger partial charge in [-0.15, -0.1) is 0 Å². The summed E-state index contributed by atoms with van der Waals surface area (Å²) in [7, 11) is 1.64. The molecule has 1 saturated heterocycles. The standard InChI is InChI=1S/C13H23N3O2/c1-13(2,3)12-5-9(14-15-12)6-16-7-10(17)11(8-16)18-4/h5,10-11,17H,6-8H2,1-4H3,(H,14,15)/t10-,11-/m0/s1. The Morgan fingerprint density at radius 2 is 2.22 bits per heavy atom. The van der Waals surface area contributed by atoms with Crippen LogP contribution >= 0.6 is 0 Å². The molecular weight excluding hydrogens is 230 g/mol. The molecule has 0 amide bonds. The molecule has 2 heterocycles. The van der Waals surface area contributed by atoms with E-state index in [1.807, 2.05) is 0 Å². The third kappa shape index (κ3) is 2.91. The van der Waals surface area contributed by atoms with Gasteiger partial charge in [-0.05, 0) is 6.07 Å². The van der Waals surface area contributed by atoms with E-state index in [0.717, 1.165) is 24.5 Å². The molecule has 0 unspecified atom stereocenters. The van der Waals surface area contributed by atoms with Crippen LogP contribution in [0.4, 0.5) is 0 Å². The Morgan fingerprint density at radius 1 is 1.50 bits per heavy atom. The number of β-amino-alcohol motifs (C(OH)–C–C–N with tert-alkyl or cyclic N) is 1. The summed E-state index contributed by atoms with van der Waals surface area (Å²) in [5, 5.41) is 17.2. The van der Waals surface area contributed by atoms with Crippen molar-refractivity contribution in [2.75, 3.05) is 20.2 Å². The molecule has 1 aliphatic heterocycles. The molecule has 1 aliphatic rings. The second-order valence-corrected chi connectivity index (χ2v) is 6.06. The van der Waals surface area contributed by atoms with Crippen LogP contribution in [0.1, 0.15) is 32.2 Å². The summed E-state index contributed by atoms with van der Waals surface area (Å²) < 4.78 is 5.23. The lowest BCUT2D eigenvalue weighted by Crippen LogP contribution is -2.25. The first-order valence-corrected chi connectivity index (χ1v) is 6.38. The van der Waals surface area contributed by atoms with E-state index in [1.54, 1.807) is 7.11 Å². The van der Waals surface area contributed by atoms with E-state index in [0.29, 0.717) is 6.54 Å². The molecule has 0 radical (unpaired) electrons. The minimum absolute atomic E-state index is 0.0638. The lowest BCUT2D eigenvalue weighted by Gasteiger charge is -2.14. The van der Waals surface area contributed by atoms with Gasteiger partial charge in [-0.25, -0.2) is 0 Å². The van der Waals surface area contributed by atoms with E-state index in [4.69, 9.17) is 4.74 Å². The number of rotatable bonds is 3. The molecule has 0 aliphatic carbocycles. The Morgan fingerprint density at radius 3 is 2.72 bits per heavy atom. The molecular formula is C13H23N3O2. The van der Waals surface area contributed by atoms with E-state index >= 15 is 0 Å². The van der Waals surface area contributed by atoms with E-state index in [2.05, 4.69) is 41.9 Å². The number of aliphatic hydroxyl groups is 1. The molecule has 1 fully saturated rings. The maximum Gasteiger partial charge on any atom is 0.0969 e. The van der Waals surface area contributed by atoms with Crippen LogP contribution in [0.2, 0.25) is 0 Å². The molecule has 1 aromatic rings. The normalized spacial score (nSPS) is 25.8. The Bertz CT molecular complexity index is 397. The summed E-state index contributed by atoms with van der Waals surface area (Å²) in [6.45, 7) is 8.64. The summed E-state index contributed by atoms with van der Waals surface area (Å²) in [5.41, 5.74) is 2.22. The van der Waals surface area contributed by atoms with Gasteiger partial charge in [0.05, 0.1) is 17.9 Å². The highest BCUT2D eigenvalue weighted by Crippen LogP contribution is 2.22. The second-order valence-electron chi connectivity index (χ2n) is 6.06. The van der Waals surface area contributed by atoms with Crippen LogP contribution in [0.25, 0.3) is 0 Å². The van der Waals surface area contributed by atoms with E-state index < -0.39 is 0 Å². The fraction of sp³-hybridized carbons (Fsp3) is 0.769. The third-order valence-corrected chi connectivity index (χ3v) is 3.41. The van der Waals surface area contributed by atoms with Crippen LogP contribution in [-0.2, 0) is 16.7 Å².